The standard InChI is InChI=1S/C21H28N2O6S/c1-27-18-9-11-19(12-10-18)29-15-13-22-21(24)8-5-14-23(30(3,25)26)17-6-4-7-20(16-17)28-2/h4,6-7,9-12,16H,5,8,13-15H2,1-3H3,(H,22,24). The fraction of sp³-hybridized carbons (Fsp3) is 0.381. The van der Waals surface area contributed by atoms with Crippen LogP contribution in [0.4, 0.5) is 5.69 Å². The lowest BCUT2D eigenvalue weighted by molar-refractivity contribution is -0.121. The van der Waals surface area contributed by atoms with Gasteiger partial charge in [-0.05, 0) is 42.8 Å². The summed E-state index contributed by atoms with van der Waals surface area (Å²) in [6, 6.07) is 14.0. The second-order valence-corrected chi connectivity index (χ2v) is 8.42. The Morgan fingerprint density at radius 3 is 2.30 bits per heavy atom. The minimum Gasteiger partial charge on any atom is -0.497 e. The molecule has 0 spiro atoms. The molecule has 0 radical (unpaired) electrons. The Morgan fingerprint density at radius 1 is 1.00 bits per heavy atom. The molecule has 1 N–H and O–H groups in total. The van der Waals surface area contributed by atoms with Crippen molar-refractivity contribution in [3.05, 3.63) is 48.5 Å². The summed E-state index contributed by atoms with van der Waals surface area (Å²) in [6.07, 6.45) is 1.73. The topological polar surface area (TPSA) is 94.2 Å². The summed E-state index contributed by atoms with van der Waals surface area (Å²) in [6.45, 7) is 0.885. The lowest BCUT2D eigenvalue weighted by Crippen LogP contribution is -2.32. The van der Waals surface area contributed by atoms with E-state index in [9.17, 15) is 13.2 Å². The van der Waals surface area contributed by atoms with E-state index in [2.05, 4.69) is 5.32 Å². The maximum Gasteiger partial charge on any atom is 0.232 e. The molecule has 0 aromatic heterocycles. The Kier molecular flexibility index (Phi) is 8.79. The number of amides is 1. The molecule has 0 atom stereocenters. The molecule has 0 bridgehead atoms. The van der Waals surface area contributed by atoms with Crippen LogP contribution in [0.3, 0.4) is 0 Å². The maximum atomic E-state index is 12.2. The Morgan fingerprint density at radius 2 is 1.67 bits per heavy atom. The van der Waals surface area contributed by atoms with Gasteiger partial charge in [-0.1, -0.05) is 6.07 Å². The number of anilines is 1. The van der Waals surface area contributed by atoms with Crippen molar-refractivity contribution in [2.45, 2.75) is 12.8 Å². The van der Waals surface area contributed by atoms with Gasteiger partial charge in [-0.15, -0.1) is 0 Å². The molecule has 0 saturated heterocycles. The fourth-order valence-corrected chi connectivity index (χ4v) is 3.71. The van der Waals surface area contributed by atoms with E-state index >= 15 is 0 Å². The Bertz CT molecular complexity index is 915. The Balaban J connectivity index is 1.75. The first-order valence-electron chi connectivity index (χ1n) is 9.49. The van der Waals surface area contributed by atoms with Crippen LogP contribution in [0, 0.1) is 0 Å². The minimum atomic E-state index is -3.48. The highest BCUT2D eigenvalue weighted by molar-refractivity contribution is 7.92. The molecule has 0 aliphatic rings. The lowest BCUT2D eigenvalue weighted by atomic mass is 10.2. The van der Waals surface area contributed by atoms with Crippen LogP contribution in [0.2, 0.25) is 0 Å². The number of sulfonamides is 1. The van der Waals surface area contributed by atoms with Crippen LogP contribution in [0.5, 0.6) is 17.2 Å². The zero-order valence-corrected chi connectivity index (χ0v) is 18.3. The first-order valence-corrected chi connectivity index (χ1v) is 11.3. The van der Waals surface area contributed by atoms with Gasteiger partial charge in [0.15, 0.2) is 0 Å². The molecule has 2 aromatic carbocycles. The molecule has 0 aliphatic carbocycles. The summed E-state index contributed by atoms with van der Waals surface area (Å²) in [4.78, 5) is 12.0. The third-order valence-electron chi connectivity index (χ3n) is 4.26. The first kappa shape index (κ1) is 23.3. The molecule has 0 aliphatic heterocycles. The van der Waals surface area contributed by atoms with Gasteiger partial charge in [0.05, 0.1) is 32.7 Å². The maximum absolute atomic E-state index is 12.2. The van der Waals surface area contributed by atoms with Crippen LogP contribution >= 0.6 is 0 Å². The number of ether oxygens (including phenoxy) is 3. The number of nitrogens with zero attached hydrogens (tertiary/aromatic N) is 1. The van der Waals surface area contributed by atoms with E-state index in [-0.39, 0.29) is 18.9 Å². The second kappa shape index (κ2) is 11.3. The van der Waals surface area contributed by atoms with E-state index in [1.165, 1.54) is 11.4 Å². The van der Waals surface area contributed by atoms with Crippen LogP contribution in [-0.2, 0) is 14.8 Å². The minimum absolute atomic E-state index is 0.160. The predicted molar refractivity (Wildman–Crippen MR) is 116 cm³/mol. The number of methoxy groups -OCH3 is 2. The van der Waals surface area contributed by atoms with Crippen molar-refractivity contribution >= 4 is 21.6 Å². The van der Waals surface area contributed by atoms with Crippen LogP contribution in [0.1, 0.15) is 12.8 Å². The van der Waals surface area contributed by atoms with E-state index in [0.717, 1.165) is 12.0 Å². The number of hydrogen-bond acceptors (Lipinski definition) is 6. The smallest absolute Gasteiger partial charge is 0.232 e. The summed E-state index contributed by atoms with van der Waals surface area (Å²) >= 11 is 0. The highest BCUT2D eigenvalue weighted by Crippen LogP contribution is 2.23. The molecule has 9 heteroatoms. The molecule has 1 amide bonds. The molecule has 2 aromatic rings. The number of nitrogens with one attached hydrogen (secondary N) is 1. The van der Waals surface area contributed by atoms with Crippen molar-refractivity contribution in [3.8, 4) is 17.2 Å². The molecular formula is C21H28N2O6S. The van der Waals surface area contributed by atoms with E-state index in [1.54, 1.807) is 55.6 Å². The highest BCUT2D eigenvalue weighted by Gasteiger charge is 2.18. The Labute approximate surface area is 177 Å². The second-order valence-electron chi connectivity index (χ2n) is 6.51. The van der Waals surface area contributed by atoms with Crippen molar-refractivity contribution in [2.75, 3.05) is 44.5 Å². The van der Waals surface area contributed by atoms with Gasteiger partial charge in [0.1, 0.15) is 23.9 Å². The molecule has 0 unspecified atom stereocenters. The van der Waals surface area contributed by atoms with Crippen molar-refractivity contribution in [2.24, 2.45) is 0 Å². The monoisotopic (exact) mass is 436 g/mol. The van der Waals surface area contributed by atoms with Gasteiger partial charge in [-0.3, -0.25) is 9.10 Å². The zero-order valence-electron chi connectivity index (χ0n) is 17.5. The van der Waals surface area contributed by atoms with Crippen molar-refractivity contribution in [3.63, 3.8) is 0 Å². The average Bonchev–Trinajstić information content (AvgIpc) is 2.74. The number of carbonyl (C=O) groups is 1. The molecule has 0 saturated carbocycles. The van der Waals surface area contributed by atoms with Crippen LogP contribution < -0.4 is 23.8 Å². The SMILES string of the molecule is COc1ccc(OCCNC(=O)CCCN(c2cccc(OC)c2)S(C)(=O)=O)cc1. The highest BCUT2D eigenvalue weighted by atomic mass is 32.2. The average molecular weight is 437 g/mol. The molecule has 164 valence electrons. The summed E-state index contributed by atoms with van der Waals surface area (Å²) in [5.74, 6) is 1.84. The third-order valence-corrected chi connectivity index (χ3v) is 5.45. The first-order chi connectivity index (χ1) is 14.3. The predicted octanol–water partition coefficient (Wildman–Crippen LogP) is 2.45. The number of hydrogen-bond donors (Lipinski definition) is 1. The van der Waals surface area contributed by atoms with Crippen LogP contribution in [0.15, 0.2) is 48.5 Å². The van der Waals surface area contributed by atoms with Crippen molar-refractivity contribution in [1.82, 2.24) is 5.32 Å². The number of carbonyl (C=O) groups excluding carboxylic acids is 1. The van der Waals surface area contributed by atoms with Gasteiger partial charge in [0.2, 0.25) is 15.9 Å². The molecule has 0 fully saturated rings. The van der Waals surface area contributed by atoms with E-state index in [4.69, 9.17) is 14.2 Å². The van der Waals surface area contributed by atoms with Crippen molar-refractivity contribution < 1.29 is 27.4 Å². The van der Waals surface area contributed by atoms with Gasteiger partial charge < -0.3 is 19.5 Å². The number of benzene rings is 2. The van der Waals surface area contributed by atoms with Gasteiger partial charge in [0.25, 0.3) is 0 Å². The fourth-order valence-electron chi connectivity index (χ4n) is 2.75. The largest absolute Gasteiger partial charge is 0.497 e. The lowest BCUT2D eigenvalue weighted by Gasteiger charge is -2.22. The number of rotatable bonds is 12. The van der Waals surface area contributed by atoms with E-state index in [0.29, 0.717) is 36.8 Å². The summed E-state index contributed by atoms with van der Waals surface area (Å²) in [5, 5.41) is 2.77. The van der Waals surface area contributed by atoms with Crippen molar-refractivity contribution in [1.29, 1.82) is 0 Å². The molecule has 8 nitrogen and oxygen atoms in total. The molecule has 2 rings (SSSR count). The summed E-state index contributed by atoms with van der Waals surface area (Å²) in [7, 11) is -0.365. The van der Waals surface area contributed by atoms with Gasteiger partial charge in [-0.25, -0.2) is 8.42 Å². The van der Waals surface area contributed by atoms with Gasteiger partial charge in [-0.2, -0.15) is 0 Å². The molecular weight excluding hydrogens is 408 g/mol. The third kappa shape index (κ3) is 7.47. The van der Waals surface area contributed by atoms with Crippen LogP contribution in [0.25, 0.3) is 0 Å². The zero-order chi connectivity index (χ0) is 22.0. The van der Waals surface area contributed by atoms with E-state index in [1.807, 2.05) is 0 Å². The van der Waals surface area contributed by atoms with Gasteiger partial charge >= 0.3 is 0 Å². The summed E-state index contributed by atoms with van der Waals surface area (Å²) < 4.78 is 41.4. The molecule has 0 heterocycles. The summed E-state index contributed by atoms with van der Waals surface area (Å²) in [5.41, 5.74) is 0.505. The molecule has 30 heavy (non-hydrogen) atoms. The normalized spacial score (nSPS) is 10.9. The van der Waals surface area contributed by atoms with Crippen LogP contribution in [-0.4, -0.2) is 54.5 Å². The quantitative estimate of drug-likeness (QED) is 0.514. The van der Waals surface area contributed by atoms with Gasteiger partial charge in [0, 0.05) is 19.0 Å². The van der Waals surface area contributed by atoms with E-state index < -0.39 is 10.0 Å². The Hall–Kier alpha value is -2.94.